The average molecular weight is 317 g/mol. The zero-order valence-electron chi connectivity index (χ0n) is 12.8. The zero-order valence-corrected chi connectivity index (χ0v) is 13.6. The summed E-state index contributed by atoms with van der Waals surface area (Å²) in [4.78, 5) is 12.5. The smallest absolute Gasteiger partial charge is 0.256 e. The highest BCUT2D eigenvalue weighted by Gasteiger charge is 2.33. The molecule has 1 N–H and O–H groups in total. The van der Waals surface area contributed by atoms with E-state index in [4.69, 9.17) is 0 Å². The van der Waals surface area contributed by atoms with Crippen LogP contribution in [0.1, 0.15) is 31.1 Å². The molecule has 22 heavy (non-hydrogen) atoms. The van der Waals surface area contributed by atoms with Crippen LogP contribution in [-0.4, -0.2) is 19.1 Å². The van der Waals surface area contributed by atoms with Crippen LogP contribution in [0.3, 0.4) is 0 Å². The predicted octanol–water partition coefficient (Wildman–Crippen LogP) is 3.51. The molecular formula is C17H19NO3S. The molecule has 0 bridgehead atoms. The molecule has 4 nitrogen and oxygen atoms in total. The highest BCUT2D eigenvalue weighted by molar-refractivity contribution is 7.92. The van der Waals surface area contributed by atoms with Gasteiger partial charge in [-0.1, -0.05) is 30.3 Å². The van der Waals surface area contributed by atoms with Gasteiger partial charge in [-0.25, -0.2) is 8.42 Å². The standard InChI is InChI=1S/C17H19NO3S/c1-17(2,3)22(20,21)15-12-8-7-11-14(15)16(19)18-13-9-5-4-6-10-13/h4-12H,1-3H3,(H,18,19). The maximum Gasteiger partial charge on any atom is 0.256 e. The van der Waals surface area contributed by atoms with Crippen molar-refractivity contribution in [2.45, 2.75) is 30.4 Å². The fourth-order valence-electron chi connectivity index (χ4n) is 1.94. The molecule has 0 aliphatic heterocycles. The molecule has 1 amide bonds. The summed E-state index contributed by atoms with van der Waals surface area (Å²) in [6.07, 6.45) is 0. The molecule has 2 aromatic rings. The lowest BCUT2D eigenvalue weighted by Gasteiger charge is -2.21. The SMILES string of the molecule is CC(C)(C)S(=O)(=O)c1ccccc1C(=O)Nc1ccccc1. The van der Waals surface area contributed by atoms with E-state index in [9.17, 15) is 13.2 Å². The van der Waals surface area contributed by atoms with Gasteiger partial charge in [-0.05, 0) is 45.0 Å². The number of rotatable bonds is 3. The van der Waals surface area contributed by atoms with E-state index in [1.807, 2.05) is 6.07 Å². The van der Waals surface area contributed by atoms with Crippen molar-refractivity contribution < 1.29 is 13.2 Å². The largest absolute Gasteiger partial charge is 0.322 e. The van der Waals surface area contributed by atoms with Gasteiger partial charge in [0.15, 0.2) is 9.84 Å². The zero-order chi connectivity index (χ0) is 16.4. The van der Waals surface area contributed by atoms with Crippen molar-refractivity contribution in [1.82, 2.24) is 0 Å². The molecule has 0 aromatic heterocycles. The van der Waals surface area contributed by atoms with Crippen molar-refractivity contribution in [2.75, 3.05) is 5.32 Å². The highest BCUT2D eigenvalue weighted by Crippen LogP contribution is 2.27. The van der Waals surface area contributed by atoms with Gasteiger partial charge in [0.2, 0.25) is 0 Å². The van der Waals surface area contributed by atoms with Crippen LogP contribution in [-0.2, 0) is 9.84 Å². The van der Waals surface area contributed by atoms with Crippen molar-refractivity contribution in [3.63, 3.8) is 0 Å². The topological polar surface area (TPSA) is 63.2 Å². The normalized spacial score (nSPS) is 12.0. The van der Waals surface area contributed by atoms with Crippen LogP contribution in [0.15, 0.2) is 59.5 Å². The Kier molecular flexibility index (Phi) is 4.37. The third-order valence-electron chi connectivity index (χ3n) is 3.26. The Hall–Kier alpha value is -2.14. The van der Waals surface area contributed by atoms with Gasteiger partial charge < -0.3 is 5.32 Å². The van der Waals surface area contributed by atoms with E-state index in [0.29, 0.717) is 5.69 Å². The molecule has 116 valence electrons. The Morgan fingerprint density at radius 1 is 0.909 bits per heavy atom. The van der Waals surface area contributed by atoms with Gasteiger partial charge in [0.05, 0.1) is 15.2 Å². The van der Waals surface area contributed by atoms with E-state index in [-0.39, 0.29) is 10.5 Å². The number of sulfone groups is 1. The minimum atomic E-state index is -3.61. The predicted molar refractivity (Wildman–Crippen MR) is 87.8 cm³/mol. The fraction of sp³-hybridized carbons (Fsp3) is 0.235. The molecule has 0 fully saturated rings. The fourth-order valence-corrected chi connectivity index (χ4v) is 3.31. The Balaban J connectivity index is 2.44. The van der Waals surface area contributed by atoms with Crippen LogP contribution in [0.2, 0.25) is 0 Å². The molecule has 0 spiro atoms. The Morgan fingerprint density at radius 3 is 2.05 bits per heavy atom. The van der Waals surface area contributed by atoms with E-state index >= 15 is 0 Å². The molecule has 0 unspecified atom stereocenters. The van der Waals surface area contributed by atoms with Crippen molar-refractivity contribution in [1.29, 1.82) is 0 Å². The lowest BCUT2D eigenvalue weighted by molar-refractivity contribution is 0.102. The Labute approximate surface area is 131 Å². The number of carbonyl (C=O) groups is 1. The summed E-state index contributed by atoms with van der Waals surface area (Å²) in [7, 11) is -3.61. The van der Waals surface area contributed by atoms with Gasteiger partial charge in [-0.3, -0.25) is 4.79 Å². The number of anilines is 1. The van der Waals surface area contributed by atoms with Crippen molar-refractivity contribution >= 4 is 21.4 Å². The number of hydrogen-bond acceptors (Lipinski definition) is 3. The van der Waals surface area contributed by atoms with E-state index in [1.54, 1.807) is 57.2 Å². The lowest BCUT2D eigenvalue weighted by atomic mass is 10.2. The number of benzene rings is 2. The molecule has 2 aromatic carbocycles. The Bertz CT molecular complexity index is 775. The molecule has 0 heterocycles. The second-order valence-electron chi connectivity index (χ2n) is 5.93. The monoisotopic (exact) mass is 317 g/mol. The minimum Gasteiger partial charge on any atom is -0.322 e. The summed E-state index contributed by atoms with van der Waals surface area (Å²) in [5.41, 5.74) is 0.775. The first-order valence-corrected chi connectivity index (χ1v) is 8.42. The maximum atomic E-state index is 12.7. The maximum absolute atomic E-state index is 12.7. The van der Waals surface area contributed by atoms with Crippen LogP contribution >= 0.6 is 0 Å². The molecule has 0 aliphatic carbocycles. The average Bonchev–Trinajstić information content (AvgIpc) is 2.47. The number of amides is 1. The van der Waals surface area contributed by atoms with Gasteiger partial charge >= 0.3 is 0 Å². The van der Waals surface area contributed by atoms with Crippen LogP contribution < -0.4 is 5.32 Å². The van der Waals surface area contributed by atoms with Gasteiger partial charge in [0.25, 0.3) is 5.91 Å². The lowest BCUT2D eigenvalue weighted by Crippen LogP contribution is -2.30. The minimum absolute atomic E-state index is 0.0518. The summed E-state index contributed by atoms with van der Waals surface area (Å²) < 4.78 is 24.3. The van der Waals surface area contributed by atoms with E-state index in [2.05, 4.69) is 5.32 Å². The van der Waals surface area contributed by atoms with Crippen LogP contribution in [0.25, 0.3) is 0 Å². The molecule has 0 aliphatic rings. The van der Waals surface area contributed by atoms with Crippen molar-refractivity contribution in [3.05, 3.63) is 60.2 Å². The first kappa shape index (κ1) is 16.2. The van der Waals surface area contributed by atoms with Crippen LogP contribution in [0, 0.1) is 0 Å². The molecule has 0 saturated heterocycles. The summed E-state index contributed by atoms with van der Waals surface area (Å²) in [6.45, 7) is 4.86. The molecule has 0 atom stereocenters. The highest BCUT2D eigenvalue weighted by atomic mass is 32.2. The van der Waals surface area contributed by atoms with Crippen molar-refractivity contribution in [3.8, 4) is 0 Å². The second-order valence-corrected chi connectivity index (χ2v) is 8.60. The first-order valence-electron chi connectivity index (χ1n) is 6.93. The first-order chi connectivity index (χ1) is 10.2. The number of carbonyl (C=O) groups excluding carboxylic acids is 1. The summed E-state index contributed by atoms with van der Waals surface area (Å²) in [5.74, 6) is -0.436. The number of nitrogens with one attached hydrogen (secondary N) is 1. The number of hydrogen-bond donors (Lipinski definition) is 1. The van der Waals surface area contributed by atoms with E-state index in [0.717, 1.165) is 0 Å². The number of para-hydroxylation sites is 1. The van der Waals surface area contributed by atoms with Gasteiger partial charge in [0, 0.05) is 5.69 Å². The van der Waals surface area contributed by atoms with E-state index in [1.165, 1.54) is 12.1 Å². The summed E-state index contributed by atoms with van der Waals surface area (Å²) >= 11 is 0. The van der Waals surface area contributed by atoms with Gasteiger partial charge in [-0.2, -0.15) is 0 Å². The van der Waals surface area contributed by atoms with Crippen LogP contribution in [0.5, 0.6) is 0 Å². The van der Waals surface area contributed by atoms with Gasteiger partial charge in [0.1, 0.15) is 0 Å². The summed E-state index contributed by atoms with van der Waals surface area (Å²) in [5, 5.41) is 2.72. The second kappa shape index (κ2) is 5.93. The van der Waals surface area contributed by atoms with Gasteiger partial charge in [-0.15, -0.1) is 0 Å². The summed E-state index contributed by atoms with van der Waals surface area (Å²) in [6, 6.07) is 15.2. The molecule has 2 rings (SSSR count). The third-order valence-corrected chi connectivity index (χ3v) is 5.81. The third kappa shape index (κ3) is 3.20. The quantitative estimate of drug-likeness (QED) is 0.942. The van der Waals surface area contributed by atoms with E-state index < -0.39 is 20.5 Å². The molecule has 0 saturated carbocycles. The molecule has 0 radical (unpaired) electrons. The van der Waals surface area contributed by atoms with Crippen LogP contribution in [0.4, 0.5) is 5.69 Å². The van der Waals surface area contributed by atoms with Crippen molar-refractivity contribution in [2.24, 2.45) is 0 Å². The molecule has 5 heteroatoms. The molecular weight excluding hydrogens is 298 g/mol. The Morgan fingerprint density at radius 2 is 1.45 bits per heavy atom.